The van der Waals surface area contributed by atoms with Gasteiger partial charge in [0.15, 0.2) is 0 Å². The number of aromatic nitrogens is 2. The first-order valence-electron chi connectivity index (χ1n) is 7.32. The topological polar surface area (TPSA) is 84.0 Å². The normalized spacial score (nSPS) is 10.7. The number of hydrogen-bond acceptors (Lipinski definition) is 3. The molecule has 1 heterocycles. The molecule has 0 saturated carbocycles. The molecule has 0 radical (unpaired) electrons. The van der Waals surface area contributed by atoms with E-state index >= 15 is 0 Å². The fourth-order valence-electron chi connectivity index (χ4n) is 2.39. The van der Waals surface area contributed by atoms with E-state index in [1.807, 2.05) is 0 Å². The van der Waals surface area contributed by atoms with Crippen molar-refractivity contribution in [3.63, 3.8) is 0 Å². The van der Waals surface area contributed by atoms with Crippen LogP contribution in [0.15, 0.2) is 58.1 Å². The van der Waals surface area contributed by atoms with Gasteiger partial charge in [0.05, 0.1) is 16.6 Å². The first kappa shape index (κ1) is 15.7. The zero-order chi connectivity index (χ0) is 17.1. The summed E-state index contributed by atoms with van der Waals surface area (Å²) in [6, 6.07) is 12.4. The Labute approximate surface area is 135 Å². The summed E-state index contributed by atoms with van der Waals surface area (Å²) in [5.41, 5.74) is -0.549. The molecule has 0 atom stereocenters. The van der Waals surface area contributed by atoms with Crippen LogP contribution >= 0.6 is 0 Å². The van der Waals surface area contributed by atoms with Gasteiger partial charge in [-0.05, 0) is 24.3 Å². The number of rotatable bonds is 4. The zero-order valence-electron chi connectivity index (χ0n) is 12.6. The number of benzene rings is 2. The highest BCUT2D eigenvalue weighted by Gasteiger charge is 2.10. The maximum absolute atomic E-state index is 13.5. The largest absolute Gasteiger partial charge is 0.328 e. The first-order chi connectivity index (χ1) is 11.6. The summed E-state index contributed by atoms with van der Waals surface area (Å²) >= 11 is 0. The van der Waals surface area contributed by atoms with Gasteiger partial charge in [0.25, 0.3) is 5.56 Å². The monoisotopic (exact) mass is 327 g/mol. The van der Waals surface area contributed by atoms with Crippen molar-refractivity contribution in [2.24, 2.45) is 0 Å². The zero-order valence-corrected chi connectivity index (χ0v) is 12.6. The Morgan fingerprint density at radius 1 is 1.08 bits per heavy atom. The standard InChI is InChI=1S/C17H14FN3O3/c18-12-6-2-4-8-14(12)19-15(22)9-10-21-16(23)11-5-1-3-7-13(11)20-17(21)24/h1-8H,9-10H2,(H,19,22)(H,20,24). The van der Waals surface area contributed by atoms with Crippen LogP contribution in [-0.2, 0) is 11.3 Å². The van der Waals surface area contributed by atoms with E-state index in [0.717, 1.165) is 4.57 Å². The summed E-state index contributed by atoms with van der Waals surface area (Å²) in [5, 5.41) is 2.78. The van der Waals surface area contributed by atoms with Crippen molar-refractivity contribution in [3.8, 4) is 0 Å². The second-order valence-electron chi connectivity index (χ2n) is 5.21. The van der Waals surface area contributed by atoms with Crippen molar-refractivity contribution in [1.82, 2.24) is 9.55 Å². The summed E-state index contributed by atoms with van der Waals surface area (Å²) in [6.07, 6.45) is -0.129. The van der Waals surface area contributed by atoms with Crippen LogP contribution in [0, 0.1) is 5.82 Å². The van der Waals surface area contributed by atoms with Gasteiger partial charge in [0, 0.05) is 13.0 Å². The lowest BCUT2D eigenvalue weighted by Gasteiger charge is -2.08. The Morgan fingerprint density at radius 2 is 1.79 bits per heavy atom. The smallest absolute Gasteiger partial charge is 0.324 e. The number of para-hydroxylation sites is 2. The van der Waals surface area contributed by atoms with Gasteiger partial charge in [0.1, 0.15) is 5.82 Å². The molecule has 24 heavy (non-hydrogen) atoms. The van der Waals surface area contributed by atoms with Gasteiger partial charge in [-0.15, -0.1) is 0 Å². The summed E-state index contributed by atoms with van der Waals surface area (Å²) in [6.45, 7) is -0.0979. The summed E-state index contributed by atoms with van der Waals surface area (Å²) in [5.74, 6) is -1.04. The van der Waals surface area contributed by atoms with Crippen molar-refractivity contribution in [1.29, 1.82) is 0 Å². The van der Waals surface area contributed by atoms with Crippen LogP contribution in [-0.4, -0.2) is 15.5 Å². The van der Waals surface area contributed by atoms with Crippen molar-refractivity contribution in [2.75, 3.05) is 5.32 Å². The van der Waals surface area contributed by atoms with Gasteiger partial charge in [0.2, 0.25) is 5.91 Å². The number of nitrogens with zero attached hydrogens (tertiary/aromatic N) is 1. The number of fused-ring (bicyclic) bond motifs is 1. The van der Waals surface area contributed by atoms with Crippen molar-refractivity contribution in [3.05, 3.63) is 75.2 Å². The second kappa shape index (κ2) is 6.49. The van der Waals surface area contributed by atoms with E-state index in [2.05, 4.69) is 10.3 Å². The van der Waals surface area contributed by atoms with Crippen LogP contribution in [0.25, 0.3) is 10.9 Å². The number of H-pyrrole nitrogens is 1. The summed E-state index contributed by atoms with van der Waals surface area (Å²) < 4.78 is 14.5. The van der Waals surface area contributed by atoms with Crippen LogP contribution in [0.3, 0.4) is 0 Å². The Bertz CT molecular complexity index is 1020. The van der Waals surface area contributed by atoms with Crippen LogP contribution in [0.5, 0.6) is 0 Å². The van der Waals surface area contributed by atoms with Gasteiger partial charge in [-0.1, -0.05) is 24.3 Å². The summed E-state index contributed by atoms with van der Waals surface area (Å²) in [7, 11) is 0. The lowest BCUT2D eigenvalue weighted by Crippen LogP contribution is -2.36. The lowest BCUT2D eigenvalue weighted by atomic mass is 10.2. The number of amides is 1. The molecule has 122 valence electrons. The van der Waals surface area contributed by atoms with Crippen molar-refractivity contribution >= 4 is 22.5 Å². The van der Waals surface area contributed by atoms with Crippen LogP contribution in [0.4, 0.5) is 10.1 Å². The van der Waals surface area contributed by atoms with E-state index < -0.39 is 23.0 Å². The predicted molar refractivity (Wildman–Crippen MR) is 88.5 cm³/mol. The molecule has 6 nitrogen and oxygen atoms in total. The molecule has 2 N–H and O–H groups in total. The number of carbonyl (C=O) groups excluding carboxylic acids is 1. The SMILES string of the molecule is O=C(CCn1c(=O)[nH]c2ccccc2c1=O)Nc1ccccc1F. The minimum Gasteiger partial charge on any atom is -0.324 e. The first-order valence-corrected chi connectivity index (χ1v) is 7.32. The average molecular weight is 327 g/mol. The van der Waals surface area contributed by atoms with Gasteiger partial charge < -0.3 is 10.3 Å². The van der Waals surface area contributed by atoms with Crippen LogP contribution in [0.2, 0.25) is 0 Å². The Hall–Kier alpha value is -3.22. The molecule has 2 aromatic carbocycles. The number of anilines is 1. The highest BCUT2D eigenvalue weighted by atomic mass is 19.1. The average Bonchev–Trinajstić information content (AvgIpc) is 2.57. The molecule has 1 amide bonds. The minimum absolute atomic E-state index is 0.0577. The van der Waals surface area contributed by atoms with Crippen molar-refractivity contribution < 1.29 is 9.18 Å². The predicted octanol–water partition coefficient (Wildman–Crippen LogP) is 1.86. The molecular weight excluding hydrogens is 313 g/mol. The second-order valence-corrected chi connectivity index (χ2v) is 5.21. The molecule has 0 aliphatic heterocycles. The number of halogens is 1. The molecule has 0 spiro atoms. The minimum atomic E-state index is -0.586. The van der Waals surface area contributed by atoms with Gasteiger partial charge in [-0.3, -0.25) is 14.2 Å². The van der Waals surface area contributed by atoms with E-state index in [-0.39, 0.29) is 18.7 Å². The Balaban J connectivity index is 1.79. The fourth-order valence-corrected chi connectivity index (χ4v) is 2.39. The van der Waals surface area contributed by atoms with Crippen LogP contribution < -0.4 is 16.6 Å². The molecule has 7 heteroatoms. The molecule has 1 aromatic heterocycles. The highest BCUT2D eigenvalue weighted by molar-refractivity contribution is 5.90. The Morgan fingerprint density at radius 3 is 2.58 bits per heavy atom. The number of hydrogen-bond donors (Lipinski definition) is 2. The quantitative estimate of drug-likeness (QED) is 0.767. The van der Waals surface area contributed by atoms with E-state index in [1.165, 1.54) is 18.2 Å². The number of carbonyl (C=O) groups is 1. The van der Waals surface area contributed by atoms with E-state index in [9.17, 15) is 18.8 Å². The third kappa shape index (κ3) is 3.10. The fraction of sp³-hybridized carbons (Fsp3) is 0.118. The molecular formula is C17H14FN3O3. The van der Waals surface area contributed by atoms with E-state index in [4.69, 9.17) is 0 Å². The van der Waals surface area contributed by atoms with Gasteiger partial charge >= 0.3 is 5.69 Å². The van der Waals surface area contributed by atoms with Gasteiger partial charge in [-0.25, -0.2) is 9.18 Å². The molecule has 0 aliphatic rings. The van der Waals surface area contributed by atoms with Crippen molar-refractivity contribution in [2.45, 2.75) is 13.0 Å². The maximum Gasteiger partial charge on any atom is 0.328 e. The summed E-state index contributed by atoms with van der Waals surface area (Å²) in [4.78, 5) is 38.8. The maximum atomic E-state index is 13.5. The molecule has 0 saturated heterocycles. The molecule has 0 fully saturated rings. The highest BCUT2D eigenvalue weighted by Crippen LogP contribution is 2.12. The van der Waals surface area contributed by atoms with Gasteiger partial charge in [-0.2, -0.15) is 0 Å². The molecule has 0 unspecified atom stereocenters. The van der Waals surface area contributed by atoms with E-state index in [0.29, 0.717) is 10.9 Å². The third-order valence-electron chi connectivity index (χ3n) is 3.60. The Kier molecular flexibility index (Phi) is 4.24. The third-order valence-corrected chi connectivity index (χ3v) is 3.60. The lowest BCUT2D eigenvalue weighted by molar-refractivity contribution is -0.116. The van der Waals surface area contributed by atoms with E-state index in [1.54, 1.807) is 30.3 Å². The van der Waals surface area contributed by atoms with Crippen LogP contribution in [0.1, 0.15) is 6.42 Å². The number of nitrogens with one attached hydrogen (secondary N) is 2. The molecule has 0 aliphatic carbocycles. The molecule has 0 bridgehead atoms. The number of aromatic amines is 1. The molecule has 3 rings (SSSR count). The molecule has 3 aromatic rings.